The van der Waals surface area contributed by atoms with Crippen LogP contribution in [0, 0.1) is 6.92 Å². The molecule has 1 aliphatic rings. The summed E-state index contributed by atoms with van der Waals surface area (Å²) in [4.78, 5) is 4.34. The van der Waals surface area contributed by atoms with Crippen LogP contribution in [0.4, 0.5) is 5.82 Å². The van der Waals surface area contributed by atoms with E-state index in [1.54, 1.807) is 0 Å². The van der Waals surface area contributed by atoms with E-state index >= 15 is 0 Å². The first-order valence-corrected chi connectivity index (χ1v) is 6.53. The van der Waals surface area contributed by atoms with Crippen LogP contribution in [-0.4, -0.2) is 22.2 Å². The number of nitrogens with one attached hydrogen (secondary N) is 1. The molecular formula is C12H17BrN2O. The zero-order valence-electron chi connectivity index (χ0n) is 9.41. The fourth-order valence-electron chi connectivity index (χ4n) is 2.10. The number of aryl methyl sites for hydroxylation is 1. The largest absolute Gasteiger partial charge is 0.391 e. The highest BCUT2D eigenvalue weighted by atomic mass is 79.9. The molecule has 0 spiro atoms. The summed E-state index contributed by atoms with van der Waals surface area (Å²) in [5, 5.41) is 13.2. The van der Waals surface area contributed by atoms with Crippen LogP contribution in [0.15, 0.2) is 16.7 Å². The predicted molar refractivity (Wildman–Crippen MR) is 68.6 cm³/mol. The molecule has 1 aromatic rings. The molecule has 0 amide bonds. The van der Waals surface area contributed by atoms with Gasteiger partial charge in [-0.2, -0.15) is 0 Å². The zero-order chi connectivity index (χ0) is 11.5. The lowest BCUT2D eigenvalue weighted by molar-refractivity contribution is 0.116. The molecule has 1 heterocycles. The Hall–Kier alpha value is -0.610. The molecule has 1 aliphatic carbocycles. The Kier molecular flexibility index (Phi) is 3.82. The number of hydrogen-bond acceptors (Lipinski definition) is 3. The molecule has 1 aromatic heterocycles. The van der Waals surface area contributed by atoms with Gasteiger partial charge in [0.25, 0.3) is 0 Å². The Morgan fingerprint density at radius 1 is 1.44 bits per heavy atom. The Labute approximate surface area is 104 Å². The second-order valence-corrected chi connectivity index (χ2v) is 5.30. The maximum atomic E-state index is 9.87. The smallest absolute Gasteiger partial charge is 0.140 e. The maximum absolute atomic E-state index is 9.87. The minimum absolute atomic E-state index is 0.139. The summed E-state index contributed by atoms with van der Waals surface area (Å²) < 4.78 is 0.963. The van der Waals surface area contributed by atoms with Crippen molar-refractivity contribution in [2.24, 2.45) is 0 Å². The van der Waals surface area contributed by atoms with Crippen LogP contribution in [-0.2, 0) is 0 Å². The predicted octanol–water partition coefficient (Wildman–Crippen LogP) is 2.87. The third-order valence-electron chi connectivity index (χ3n) is 3.03. The number of aliphatic hydroxyl groups excluding tert-OH is 1. The topological polar surface area (TPSA) is 45.2 Å². The van der Waals surface area contributed by atoms with Gasteiger partial charge in [-0.15, -0.1) is 0 Å². The van der Waals surface area contributed by atoms with Gasteiger partial charge in [-0.3, -0.25) is 0 Å². The van der Waals surface area contributed by atoms with Crippen molar-refractivity contribution in [3.63, 3.8) is 0 Å². The second kappa shape index (κ2) is 5.15. The molecule has 0 saturated heterocycles. The maximum Gasteiger partial charge on any atom is 0.140 e. The fraction of sp³-hybridized carbons (Fsp3) is 0.583. The quantitative estimate of drug-likeness (QED) is 0.878. The van der Waals surface area contributed by atoms with Crippen LogP contribution >= 0.6 is 15.9 Å². The molecule has 2 atom stereocenters. The summed E-state index contributed by atoms with van der Waals surface area (Å²) in [6, 6.07) is 2.17. The van der Waals surface area contributed by atoms with Gasteiger partial charge in [-0.1, -0.05) is 12.8 Å². The monoisotopic (exact) mass is 284 g/mol. The van der Waals surface area contributed by atoms with Crippen LogP contribution < -0.4 is 5.32 Å². The SMILES string of the molecule is Cc1cnc(NC2CCCCC2O)c(Br)c1. The minimum atomic E-state index is -0.247. The van der Waals surface area contributed by atoms with Gasteiger partial charge in [-0.05, 0) is 47.3 Å². The molecule has 0 aromatic carbocycles. The van der Waals surface area contributed by atoms with Gasteiger partial charge in [0, 0.05) is 6.20 Å². The van der Waals surface area contributed by atoms with Crippen LogP contribution in [0.2, 0.25) is 0 Å². The van der Waals surface area contributed by atoms with E-state index in [0.29, 0.717) is 0 Å². The summed E-state index contributed by atoms with van der Waals surface area (Å²) in [7, 11) is 0. The summed E-state index contributed by atoms with van der Waals surface area (Å²) in [5.41, 5.74) is 1.13. The summed E-state index contributed by atoms with van der Waals surface area (Å²) in [6.07, 6.45) is 5.80. The van der Waals surface area contributed by atoms with Gasteiger partial charge >= 0.3 is 0 Å². The molecule has 2 N–H and O–H groups in total. The summed E-state index contributed by atoms with van der Waals surface area (Å²) in [6.45, 7) is 2.01. The molecule has 1 fully saturated rings. The molecular weight excluding hydrogens is 268 g/mol. The number of pyridine rings is 1. The lowest BCUT2D eigenvalue weighted by Gasteiger charge is -2.29. The highest BCUT2D eigenvalue weighted by molar-refractivity contribution is 9.10. The average Bonchev–Trinajstić information content (AvgIpc) is 2.25. The van der Waals surface area contributed by atoms with E-state index in [4.69, 9.17) is 0 Å². The molecule has 3 nitrogen and oxygen atoms in total. The van der Waals surface area contributed by atoms with Crippen molar-refractivity contribution < 1.29 is 5.11 Å². The van der Waals surface area contributed by atoms with Crippen LogP contribution in [0.1, 0.15) is 31.2 Å². The Morgan fingerprint density at radius 3 is 2.88 bits per heavy atom. The van der Waals surface area contributed by atoms with Crippen molar-refractivity contribution in [3.05, 3.63) is 22.3 Å². The number of anilines is 1. The number of aliphatic hydroxyl groups is 1. The molecule has 2 unspecified atom stereocenters. The van der Waals surface area contributed by atoms with Gasteiger partial charge in [0.05, 0.1) is 16.6 Å². The van der Waals surface area contributed by atoms with E-state index in [9.17, 15) is 5.11 Å². The Morgan fingerprint density at radius 2 is 2.19 bits per heavy atom. The van der Waals surface area contributed by atoms with E-state index in [-0.39, 0.29) is 12.1 Å². The highest BCUT2D eigenvalue weighted by Gasteiger charge is 2.23. The van der Waals surface area contributed by atoms with Crippen LogP contribution in [0.5, 0.6) is 0 Å². The third-order valence-corrected chi connectivity index (χ3v) is 3.63. The Bertz CT molecular complexity index is 370. The molecule has 0 aliphatic heterocycles. The van der Waals surface area contributed by atoms with Crippen molar-refractivity contribution in [2.75, 3.05) is 5.32 Å². The Balaban J connectivity index is 2.07. The molecule has 16 heavy (non-hydrogen) atoms. The normalized spacial score (nSPS) is 25.4. The van der Waals surface area contributed by atoms with Crippen molar-refractivity contribution in [1.82, 2.24) is 4.98 Å². The number of rotatable bonds is 2. The van der Waals surface area contributed by atoms with Gasteiger partial charge in [0.2, 0.25) is 0 Å². The lowest BCUT2D eigenvalue weighted by atomic mass is 9.92. The second-order valence-electron chi connectivity index (χ2n) is 4.45. The van der Waals surface area contributed by atoms with E-state index in [1.807, 2.05) is 19.2 Å². The van der Waals surface area contributed by atoms with Crippen LogP contribution in [0.25, 0.3) is 0 Å². The van der Waals surface area contributed by atoms with Gasteiger partial charge in [-0.25, -0.2) is 4.98 Å². The van der Waals surface area contributed by atoms with E-state index in [2.05, 4.69) is 26.2 Å². The summed E-state index contributed by atoms with van der Waals surface area (Å²) in [5.74, 6) is 0.830. The van der Waals surface area contributed by atoms with Crippen molar-refractivity contribution in [2.45, 2.75) is 44.8 Å². The molecule has 2 rings (SSSR count). The van der Waals surface area contributed by atoms with E-state index in [1.165, 1.54) is 6.42 Å². The highest BCUT2D eigenvalue weighted by Crippen LogP contribution is 2.26. The van der Waals surface area contributed by atoms with Crippen molar-refractivity contribution in [3.8, 4) is 0 Å². The lowest BCUT2D eigenvalue weighted by Crippen LogP contribution is -2.36. The van der Waals surface area contributed by atoms with Gasteiger partial charge < -0.3 is 10.4 Å². The van der Waals surface area contributed by atoms with E-state index in [0.717, 1.165) is 35.1 Å². The minimum Gasteiger partial charge on any atom is -0.391 e. The molecule has 1 saturated carbocycles. The zero-order valence-corrected chi connectivity index (χ0v) is 11.0. The standard InChI is InChI=1S/C12H17BrN2O/c1-8-6-9(13)12(14-7-8)15-10-4-2-3-5-11(10)16/h6-7,10-11,16H,2-5H2,1H3,(H,14,15). The number of hydrogen-bond donors (Lipinski definition) is 2. The number of nitrogens with zero attached hydrogens (tertiary/aromatic N) is 1. The van der Waals surface area contributed by atoms with Gasteiger partial charge in [0.15, 0.2) is 0 Å². The molecule has 88 valence electrons. The number of aromatic nitrogens is 1. The first-order chi connectivity index (χ1) is 7.66. The van der Waals surface area contributed by atoms with Gasteiger partial charge in [0.1, 0.15) is 5.82 Å². The van der Waals surface area contributed by atoms with Crippen LogP contribution in [0.3, 0.4) is 0 Å². The molecule has 0 radical (unpaired) electrons. The molecule has 0 bridgehead atoms. The first-order valence-electron chi connectivity index (χ1n) is 5.73. The summed E-state index contributed by atoms with van der Waals surface area (Å²) >= 11 is 3.49. The number of halogens is 1. The fourth-order valence-corrected chi connectivity index (χ4v) is 2.67. The average molecular weight is 285 g/mol. The molecule has 4 heteroatoms. The van der Waals surface area contributed by atoms with E-state index < -0.39 is 0 Å². The first kappa shape index (κ1) is 11.9. The van der Waals surface area contributed by atoms with Crippen molar-refractivity contribution >= 4 is 21.7 Å². The third kappa shape index (κ3) is 2.74. The van der Waals surface area contributed by atoms with Crippen molar-refractivity contribution in [1.29, 1.82) is 0 Å².